The van der Waals surface area contributed by atoms with Crippen LogP contribution in [0.25, 0.3) is 0 Å². The summed E-state index contributed by atoms with van der Waals surface area (Å²) in [6.07, 6.45) is 0. The van der Waals surface area contributed by atoms with Crippen molar-refractivity contribution < 1.29 is 17.6 Å². The van der Waals surface area contributed by atoms with Crippen LogP contribution in [0.2, 0.25) is 0 Å². The van der Waals surface area contributed by atoms with E-state index in [1.54, 1.807) is 0 Å². The fourth-order valence-corrected chi connectivity index (χ4v) is 1.97. The van der Waals surface area contributed by atoms with E-state index < -0.39 is 29.3 Å². The van der Waals surface area contributed by atoms with Crippen molar-refractivity contribution in [3.8, 4) is 0 Å². The normalized spacial score (nSPS) is 12.5. The minimum Gasteiger partial charge on any atom is -0.271 e. The van der Waals surface area contributed by atoms with Crippen molar-refractivity contribution in [1.82, 2.24) is 5.43 Å². The molecule has 0 saturated heterocycles. The first kappa shape index (κ1) is 14.5. The average Bonchev–Trinajstić information content (AvgIpc) is 2.44. The first-order chi connectivity index (χ1) is 9.47. The fraction of sp³-hybridized carbons (Fsp3) is 0.143. The Bertz CT molecular complexity index is 643. The van der Waals surface area contributed by atoms with E-state index in [-0.39, 0.29) is 16.7 Å². The van der Waals surface area contributed by atoms with Gasteiger partial charge in [-0.15, -0.1) is 0 Å². The standard InChI is InChI=1S/C14H12F4N2/c1-7-5-6-9(13(18)11(7)16)14(20-19)8-3-2-4-10(15)12(8)17/h2-6,14,20H,19H2,1H3. The van der Waals surface area contributed by atoms with E-state index in [2.05, 4.69) is 5.43 Å². The van der Waals surface area contributed by atoms with E-state index in [9.17, 15) is 17.6 Å². The zero-order chi connectivity index (χ0) is 14.9. The Hall–Kier alpha value is -1.92. The van der Waals surface area contributed by atoms with Gasteiger partial charge >= 0.3 is 0 Å². The molecular formula is C14H12F4N2. The molecule has 2 nitrogen and oxygen atoms in total. The largest absolute Gasteiger partial charge is 0.271 e. The highest BCUT2D eigenvalue weighted by Crippen LogP contribution is 2.28. The van der Waals surface area contributed by atoms with Gasteiger partial charge in [0, 0.05) is 11.1 Å². The van der Waals surface area contributed by atoms with Crippen LogP contribution in [-0.4, -0.2) is 0 Å². The maximum absolute atomic E-state index is 13.9. The minimum absolute atomic E-state index is 0.113. The van der Waals surface area contributed by atoms with Crippen molar-refractivity contribution >= 4 is 0 Å². The molecule has 1 unspecified atom stereocenters. The number of nitrogens with two attached hydrogens (primary N) is 1. The van der Waals surface area contributed by atoms with Crippen LogP contribution in [0.3, 0.4) is 0 Å². The van der Waals surface area contributed by atoms with Crippen molar-refractivity contribution in [3.63, 3.8) is 0 Å². The second-order valence-electron chi connectivity index (χ2n) is 4.34. The number of halogens is 4. The summed E-state index contributed by atoms with van der Waals surface area (Å²) in [4.78, 5) is 0. The average molecular weight is 284 g/mol. The van der Waals surface area contributed by atoms with Crippen molar-refractivity contribution in [2.75, 3.05) is 0 Å². The van der Waals surface area contributed by atoms with Gasteiger partial charge in [0.05, 0.1) is 6.04 Å². The number of nitrogens with one attached hydrogen (secondary N) is 1. The first-order valence-electron chi connectivity index (χ1n) is 5.82. The molecule has 2 aromatic carbocycles. The summed E-state index contributed by atoms with van der Waals surface area (Å²) in [6, 6.07) is 4.87. The van der Waals surface area contributed by atoms with Gasteiger partial charge in [-0.2, -0.15) is 0 Å². The first-order valence-corrected chi connectivity index (χ1v) is 5.82. The molecular weight excluding hydrogens is 272 g/mol. The molecule has 2 rings (SSSR count). The number of rotatable bonds is 3. The van der Waals surface area contributed by atoms with E-state index in [1.165, 1.54) is 31.2 Å². The van der Waals surface area contributed by atoms with Gasteiger partial charge < -0.3 is 0 Å². The molecule has 0 radical (unpaired) electrons. The molecule has 20 heavy (non-hydrogen) atoms. The smallest absolute Gasteiger partial charge is 0.164 e. The Morgan fingerprint density at radius 3 is 2.20 bits per heavy atom. The lowest BCUT2D eigenvalue weighted by Crippen LogP contribution is -2.30. The number of hydrogen-bond acceptors (Lipinski definition) is 2. The number of hydrogen-bond donors (Lipinski definition) is 2. The van der Waals surface area contributed by atoms with Gasteiger partial charge in [0.25, 0.3) is 0 Å². The van der Waals surface area contributed by atoms with Gasteiger partial charge in [-0.1, -0.05) is 24.3 Å². The van der Waals surface area contributed by atoms with Crippen molar-refractivity contribution in [1.29, 1.82) is 0 Å². The maximum atomic E-state index is 13.9. The summed E-state index contributed by atoms with van der Waals surface area (Å²) < 4.78 is 54.5. The fourth-order valence-electron chi connectivity index (χ4n) is 1.97. The third kappa shape index (κ3) is 2.39. The van der Waals surface area contributed by atoms with Crippen molar-refractivity contribution in [2.24, 2.45) is 5.84 Å². The Morgan fingerprint density at radius 1 is 0.900 bits per heavy atom. The zero-order valence-electron chi connectivity index (χ0n) is 10.6. The van der Waals surface area contributed by atoms with Crippen LogP contribution in [0.4, 0.5) is 17.6 Å². The highest BCUT2D eigenvalue weighted by Gasteiger charge is 2.23. The van der Waals surface area contributed by atoms with Gasteiger partial charge in [0.2, 0.25) is 0 Å². The van der Waals surface area contributed by atoms with E-state index in [4.69, 9.17) is 5.84 Å². The molecule has 3 N–H and O–H groups in total. The molecule has 0 aliphatic rings. The highest BCUT2D eigenvalue weighted by atomic mass is 19.2. The lowest BCUT2D eigenvalue weighted by molar-refractivity contribution is 0.460. The number of hydrazine groups is 1. The van der Waals surface area contributed by atoms with Crippen LogP contribution in [0.15, 0.2) is 30.3 Å². The van der Waals surface area contributed by atoms with E-state index >= 15 is 0 Å². The summed E-state index contributed by atoms with van der Waals surface area (Å²) in [6.45, 7) is 1.40. The van der Waals surface area contributed by atoms with E-state index in [0.717, 1.165) is 6.07 Å². The van der Waals surface area contributed by atoms with E-state index in [0.29, 0.717) is 0 Å². The number of aryl methyl sites for hydroxylation is 1. The lowest BCUT2D eigenvalue weighted by Gasteiger charge is -2.19. The molecule has 0 aromatic heterocycles. The molecule has 0 saturated carbocycles. The molecule has 0 bridgehead atoms. The summed E-state index contributed by atoms with van der Waals surface area (Å²) in [5.74, 6) is 0.857. The Balaban J connectivity index is 2.59. The topological polar surface area (TPSA) is 38.0 Å². The molecule has 0 aliphatic carbocycles. The van der Waals surface area contributed by atoms with Crippen LogP contribution in [0.1, 0.15) is 22.7 Å². The Morgan fingerprint density at radius 2 is 1.55 bits per heavy atom. The summed E-state index contributed by atoms with van der Waals surface area (Å²) in [5, 5.41) is 0. The lowest BCUT2D eigenvalue weighted by atomic mass is 9.97. The summed E-state index contributed by atoms with van der Waals surface area (Å²) in [7, 11) is 0. The van der Waals surface area contributed by atoms with Gasteiger partial charge in [-0.25, -0.2) is 23.0 Å². The van der Waals surface area contributed by atoms with Crippen LogP contribution in [-0.2, 0) is 0 Å². The molecule has 6 heteroatoms. The second kappa shape index (κ2) is 5.60. The van der Waals surface area contributed by atoms with Crippen molar-refractivity contribution in [3.05, 3.63) is 70.3 Å². The monoisotopic (exact) mass is 284 g/mol. The van der Waals surface area contributed by atoms with Crippen LogP contribution in [0, 0.1) is 30.2 Å². The summed E-state index contributed by atoms with van der Waals surface area (Å²) >= 11 is 0. The molecule has 0 spiro atoms. The van der Waals surface area contributed by atoms with Gasteiger partial charge in [0.1, 0.15) is 0 Å². The predicted molar refractivity (Wildman–Crippen MR) is 66.6 cm³/mol. The van der Waals surface area contributed by atoms with Gasteiger partial charge in [-0.3, -0.25) is 5.84 Å². The third-order valence-electron chi connectivity index (χ3n) is 3.08. The van der Waals surface area contributed by atoms with Crippen LogP contribution in [0.5, 0.6) is 0 Å². The van der Waals surface area contributed by atoms with E-state index in [1.807, 2.05) is 0 Å². The quantitative estimate of drug-likeness (QED) is 0.516. The molecule has 0 fully saturated rings. The second-order valence-corrected chi connectivity index (χ2v) is 4.34. The SMILES string of the molecule is Cc1ccc(C(NN)c2cccc(F)c2F)c(F)c1F. The molecule has 0 aliphatic heterocycles. The van der Waals surface area contributed by atoms with Gasteiger partial charge in [-0.05, 0) is 18.6 Å². The minimum atomic E-state index is -1.19. The molecule has 0 heterocycles. The molecule has 1 atom stereocenters. The number of benzene rings is 2. The predicted octanol–water partition coefficient (Wildman–Crippen LogP) is 3.10. The van der Waals surface area contributed by atoms with Crippen LogP contribution >= 0.6 is 0 Å². The molecule has 106 valence electrons. The third-order valence-corrected chi connectivity index (χ3v) is 3.08. The zero-order valence-corrected chi connectivity index (χ0v) is 10.6. The Kier molecular flexibility index (Phi) is 4.06. The van der Waals surface area contributed by atoms with Crippen molar-refractivity contribution in [2.45, 2.75) is 13.0 Å². The highest BCUT2D eigenvalue weighted by molar-refractivity contribution is 5.36. The maximum Gasteiger partial charge on any atom is 0.164 e. The summed E-state index contributed by atoms with van der Waals surface area (Å²) in [5.41, 5.74) is 1.90. The molecule has 2 aromatic rings. The van der Waals surface area contributed by atoms with Crippen LogP contribution < -0.4 is 11.3 Å². The molecule has 0 amide bonds. The van der Waals surface area contributed by atoms with Gasteiger partial charge in [0.15, 0.2) is 23.3 Å². The Labute approximate surface area is 113 Å².